The van der Waals surface area contributed by atoms with Gasteiger partial charge in [-0.15, -0.1) is 0 Å². The van der Waals surface area contributed by atoms with Gasteiger partial charge in [0.1, 0.15) is 5.82 Å². The minimum atomic E-state index is -5.01. The van der Waals surface area contributed by atoms with E-state index in [9.17, 15) is 26.6 Å². The zero-order valence-electron chi connectivity index (χ0n) is 9.08. The number of halogens is 5. The molecule has 0 radical (unpaired) electrons. The predicted molar refractivity (Wildman–Crippen MR) is 59.9 cm³/mol. The lowest BCUT2D eigenvalue weighted by atomic mass is 10.2. The van der Waals surface area contributed by atoms with E-state index in [1.165, 1.54) is 0 Å². The summed E-state index contributed by atoms with van der Waals surface area (Å²) < 4.78 is 61.6. The largest absolute Gasteiger partial charge is 0.481 e. The third-order valence-electron chi connectivity index (χ3n) is 2.17. The van der Waals surface area contributed by atoms with E-state index in [0.29, 0.717) is 0 Å². The molecule has 0 aromatic heterocycles. The molecule has 0 spiro atoms. The fourth-order valence-corrected chi connectivity index (χ4v) is 2.71. The van der Waals surface area contributed by atoms with Gasteiger partial charge < -0.3 is 5.11 Å². The summed E-state index contributed by atoms with van der Waals surface area (Å²) >= 11 is 5.40. The van der Waals surface area contributed by atoms with Crippen LogP contribution in [0.15, 0.2) is 23.1 Å². The molecule has 0 saturated heterocycles. The average molecular weight is 319 g/mol. The minimum absolute atomic E-state index is 0.165. The smallest absolute Gasteiger partial charge is 0.403 e. The quantitative estimate of drug-likeness (QED) is 0.869. The van der Waals surface area contributed by atoms with Gasteiger partial charge in [0.25, 0.3) is 0 Å². The van der Waals surface area contributed by atoms with Gasteiger partial charge in [0.15, 0.2) is 5.92 Å². The molecule has 0 saturated carbocycles. The highest BCUT2D eigenvalue weighted by molar-refractivity contribution is 7.85. The van der Waals surface area contributed by atoms with Crippen LogP contribution in [0.1, 0.15) is 0 Å². The molecular weight excluding hydrogens is 312 g/mol. The Morgan fingerprint density at radius 2 is 2.00 bits per heavy atom. The number of aliphatic carboxylic acids is 1. The molecule has 1 aromatic carbocycles. The first-order chi connectivity index (χ1) is 8.62. The third kappa shape index (κ3) is 4.17. The van der Waals surface area contributed by atoms with E-state index in [0.717, 1.165) is 18.2 Å². The summed E-state index contributed by atoms with van der Waals surface area (Å²) in [5.74, 6) is -6.83. The Hall–Kier alpha value is -1.15. The SMILES string of the molecule is O=C(O)C(CS(=O)c1ccc(F)c(Cl)c1)C(F)(F)F. The van der Waals surface area contributed by atoms with E-state index < -0.39 is 45.5 Å². The monoisotopic (exact) mass is 318 g/mol. The Kier molecular flexibility index (Phi) is 4.92. The standard InChI is InChI=1S/C10H7ClF4O3S/c11-7-3-5(1-2-8(7)12)19(18)4-6(9(16)17)10(13,14)15/h1-3,6H,4H2,(H,16,17). The number of hydrogen-bond acceptors (Lipinski definition) is 2. The second-order valence-corrected chi connectivity index (χ2v) is 5.42. The van der Waals surface area contributed by atoms with Crippen LogP contribution in [0.2, 0.25) is 5.02 Å². The van der Waals surface area contributed by atoms with Gasteiger partial charge in [-0.1, -0.05) is 11.6 Å². The summed E-state index contributed by atoms with van der Waals surface area (Å²) in [7, 11) is -2.25. The molecule has 1 aromatic rings. The maximum absolute atomic E-state index is 12.8. The van der Waals surface area contributed by atoms with Crippen molar-refractivity contribution in [1.29, 1.82) is 0 Å². The summed E-state index contributed by atoms with van der Waals surface area (Å²) in [5.41, 5.74) is 0. The number of carboxylic acid groups (broad SMARTS) is 1. The van der Waals surface area contributed by atoms with Gasteiger partial charge in [0.2, 0.25) is 0 Å². The molecule has 3 nitrogen and oxygen atoms in total. The molecule has 2 unspecified atom stereocenters. The van der Waals surface area contributed by atoms with Crippen molar-refractivity contribution in [2.24, 2.45) is 5.92 Å². The highest BCUT2D eigenvalue weighted by Gasteiger charge is 2.46. The molecule has 1 N–H and O–H groups in total. The van der Waals surface area contributed by atoms with E-state index in [2.05, 4.69) is 0 Å². The number of benzene rings is 1. The van der Waals surface area contributed by atoms with Gasteiger partial charge in [-0.25, -0.2) is 4.39 Å². The van der Waals surface area contributed by atoms with E-state index in [1.807, 2.05) is 0 Å². The van der Waals surface area contributed by atoms with Crippen LogP contribution in [0.4, 0.5) is 17.6 Å². The van der Waals surface area contributed by atoms with Gasteiger partial charge in [0, 0.05) is 4.90 Å². The van der Waals surface area contributed by atoms with E-state index >= 15 is 0 Å². The molecule has 0 aliphatic carbocycles. The molecule has 1 rings (SSSR count). The van der Waals surface area contributed by atoms with Crippen molar-refractivity contribution in [2.75, 3.05) is 5.75 Å². The fraction of sp³-hybridized carbons (Fsp3) is 0.300. The zero-order valence-corrected chi connectivity index (χ0v) is 10.7. The summed E-state index contributed by atoms with van der Waals surface area (Å²) in [4.78, 5) is 10.3. The van der Waals surface area contributed by atoms with E-state index in [1.54, 1.807) is 0 Å². The Morgan fingerprint density at radius 1 is 1.42 bits per heavy atom. The molecule has 0 fully saturated rings. The number of hydrogen-bond donors (Lipinski definition) is 1. The minimum Gasteiger partial charge on any atom is -0.481 e. The second kappa shape index (κ2) is 5.87. The maximum atomic E-state index is 12.8. The number of carboxylic acids is 1. The molecule has 0 bridgehead atoms. The van der Waals surface area contributed by atoms with Crippen LogP contribution in [0.3, 0.4) is 0 Å². The number of rotatable bonds is 4. The van der Waals surface area contributed by atoms with Gasteiger partial charge in [-0.2, -0.15) is 13.2 Å². The van der Waals surface area contributed by atoms with E-state index in [4.69, 9.17) is 16.7 Å². The highest BCUT2D eigenvalue weighted by Crippen LogP contribution is 2.29. The van der Waals surface area contributed by atoms with Gasteiger partial charge in [-0.3, -0.25) is 9.00 Å². The summed E-state index contributed by atoms with van der Waals surface area (Å²) in [6.07, 6.45) is -5.01. The molecule has 0 aliphatic heterocycles. The average Bonchev–Trinajstić information content (AvgIpc) is 2.27. The number of alkyl halides is 3. The van der Waals surface area contributed by atoms with Crippen molar-refractivity contribution < 1.29 is 31.7 Å². The molecule has 19 heavy (non-hydrogen) atoms. The van der Waals surface area contributed by atoms with Crippen LogP contribution in [0.5, 0.6) is 0 Å². The Bertz CT molecular complexity index is 518. The second-order valence-electron chi connectivity index (χ2n) is 3.52. The topological polar surface area (TPSA) is 54.4 Å². The van der Waals surface area contributed by atoms with Crippen molar-refractivity contribution in [2.45, 2.75) is 11.1 Å². The summed E-state index contributed by atoms with van der Waals surface area (Å²) in [6, 6.07) is 2.74. The molecule has 0 amide bonds. The van der Waals surface area contributed by atoms with Crippen LogP contribution in [0.25, 0.3) is 0 Å². The lowest BCUT2D eigenvalue weighted by Gasteiger charge is -2.15. The molecular formula is C10H7ClF4O3S. The van der Waals surface area contributed by atoms with E-state index in [-0.39, 0.29) is 4.90 Å². The third-order valence-corrected chi connectivity index (χ3v) is 3.87. The van der Waals surface area contributed by atoms with Crippen LogP contribution < -0.4 is 0 Å². The number of carbonyl (C=O) groups is 1. The molecule has 0 heterocycles. The van der Waals surface area contributed by atoms with Gasteiger partial charge >= 0.3 is 12.1 Å². The first-order valence-electron chi connectivity index (χ1n) is 4.76. The zero-order chi connectivity index (χ0) is 14.8. The summed E-state index contributed by atoms with van der Waals surface area (Å²) in [5, 5.41) is 8.06. The lowest BCUT2D eigenvalue weighted by Crippen LogP contribution is -2.35. The fourth-order valence-electron chi connectivity index (χ4n) is 1.17. The van der Waals surface area contributed by atoms with Crippen molar-refractivity contribution in [3.8, 4) is 0 Å². The van der Waals surface area contributed by atoms with Crippen molar-refractivity contribution in [3.05, 3.63) is 29.0 Å². The van der Waals surface area contributed by atoms with Gasteiger partial charge in [-0.05, 0) is 18.2 Å². The van der Waals surface area contributed by atoms with Crippen LogP contribution in [-0.4, -0.2) is 27.2 Å². The summed E-state index contributed by atoms with van der Waals surface area (Å²) in [6.45, 7) is 0. The van der Waals surface area contributed by atoms with Crippen molar-refractivity contribution in [1.82, 2.24) is 0 Å². The van der Waals surface area contributed by atoms with Crippen molar-refractivity contribution >= 4 is 28.4 Å². The highest BCUT2D eigenvalue weighted by atomic mass is 35.5. The Balaban J connectivity index is 2.94. The Morgan fingerprint density at radius 3 is 2.42 bits per heavy atom. The predicted octanol–water partition coefficient (Wildman–Crippen LogP) is 2.85. The Labute approximate surface area is 112 Å². The first kappa shape index (κ1) is 15.9. The van der Waals surface area contributed by atoms with Crippen molar-refractivity contribution in [3.63, 3.8) is 0 Å². The van der Waals surface area contributed by atoms with Gasteiger partial charge in [0.05, 0.1) is 21.6 Å². The van der Waals surface area contributed by atoms with Crippen LogP contribution >= 0.6 is 11.6 Å². The molecule has 2 atom stereocenters. The van der Waals surface area contributed by atoms with Crippen LogP contribution in [0, 0.1) is 11.7 Å². The molecule has 9 heteroatoms. The molecule has 106 valence electrons. The lowest BCUT2D eigenvalue weighted by molar-refractivity contribution is -0.188. The normalized spacial score (nSPS) is 15.0. The maximum Gasteiger partial charge on any atom is 0.403 e. The van der Waals surface area contributed by atoms with Crippen LogP contribution in [-0.2, 0) is 15.6 Å². The molecule has 0 aliphatic rings. The first-order valence-corrected chi connectivity index (χ1v) is 6.45.